The Hall–Kier alpha value is -1.66. The van der Waals surface area contributed by atoms with E-state index < -0.39 is 11.5 Å². The van der Waals surface area contributed by atoms with E-state index in [0.717, 1.165) is 12.8 Å². The number of aliphatic hydroxyl groups is 1. The van der Waals surface area contributed by atoms with E-state index in [2.05, 4.69) is 10.3 Å². The molecule has 1 saturated carbocycles. The van der Waals surface area contributed by atoms with Gasteiger partial charge in [-0.1, -0.05) is 0 Å². The predicted molar refractivity (Wildman–Crippen MR) is 76.1 cm³/mol. The highest BCUT2D eigenvalue weighted by Crippen LogP contribution is 2.24. The lowest BCUT2D eigenvalue weighted by Gasteiger charge is -2.19. The van der Waals surface area contributed by atoms with Crippen molar-refractivity contribution in [2.24, 2.45) is 0 Å². The maximum absolute atomic E-state index is 12.0. The zero-order valence-electron chi connectivity index (χ0n) is 11.9. The number of ether oxygens (including phenoxy) is 2. The standard InChI is InChI=1S/C15H20N2O4/c18-14(15(19)7-8-20-10-15)17-11-5-6-13(16-9-11)21-12-3-1-2-4-12/h5-6,9,12,19H,1-4,7-8,10H2,(H,17,18)/t15-/m0/s1. The molecule has 1 atom stereocenters. The van der Waals surface area contributed by atoms with Crippen LogP contribution in [0.15, 0.2) is 18.3 Å². The van der Waals surface area contributed by atoms with Crippen LogP contribution in [0.25, 0.3) is 0 Å². The van der Waals surface area contributed by atoms with Gasteiger partial charge in [-0.15, -0.1) is 0 Å². The van der Waals surface area contributed by atoms with E-state index in [9.17, 15) is 9.90 Å². The number of carbonyl (C=O) groups is 1. The van der Waals surface area contributed by atoms with Gasteiger partial charge in [0.15, 0.2) is 5.60 Å². The number of amides is 1. The molecule has 1 saturated heterocycles. The molecule has 1 aliphatic carbocycles. The van der Waals surface area contributed by atoms with Gasteiger partial charge in [-0.3, -0.25) is 4.79 Å². The van der Waals surface area contributed by atoms with Crippen LogP contribution in [-0.4, -0.2) is 40.9 Å². The topological polar surface area (TPSA) is 80.7 Å². The Balaban J connectivity index is 1.57. The summed E-state index contributed by atoms with van der Waals surface area (Å²) < 4.78 is 10.8. The highest BCUT2D eigenvalue weighted by atomic mass is 16.5. The van der Waals surface area contributed by atoms with E-state index in [0.29, 0.717) is 24.6 Å². The largest absolute Gasteiger partial charge is 0.474 e. The fourth-order valence-corrected chi connectivity index (χ4v) is 2.68. The molecule has 0 bridgehead atoms. The average molecular weight is 292 g/mol. The number of hydrogen-bond acceptors (Lipinski definition) is 5. The van der Waals surface area contributed by atoms with Crippen molar-refractivity contribution in [3.8, 4) is 5.88 Å². The minimum atomic E-state index is -1.43. The molecule has 6 nitrogen and oxygen atoms in total. The molecule has 1 aromatic heterocycles. The lowest BCUT2D eigenvalue weighted by Crippen LogP contribution is -2.43. The van der Waals surface area contributed by atoms with E-state index in [4.69, 9.17) is 9.47 Å². The molecule has 2 aliphatic rings. The van der Waals surface area contributed by atoms with E-state index in [1.165, 1.54) is 12.8 Å². The molecule has 114 valence electrons. The first-order valence-electron chi connectivity index (χ1n) is 7.40. The van der Waals surface area contributed by atoms with Crippen LogP contribution in [0.1, 0.15) is 32.1 Å². The Bertz CT molecular complexity index is 491. The Morgan fingerprint density at radius 3 is 2.86 bits per heavy atom. The second-order valence-corrected chi connectivity index (χ2v) is 5.70. The first kappa shape index (κ1) is 14.3. The molecule has 1 amide bonds. The van der Waals surface area contributed by atoms with Gasteiger partial charge in [-0.2, -0.15) is 0 Å². The zero-order chi connectivity index (χ0) is 14.7. The molecule has 2 heterocycles. The van der Waals surface area contributed by atoms with Gasteiger partial charge in [0.25, 0.3) is 5.91 Å². The fourth-order valence-electron chi connectivity index (χ4n) is 2.68. The molecule has 6 heteroatoms. The van der Waals surface area contributed by atoms with Gasteiger partial charge < -0.3 is 19.9 Å². The van der Waals surface area contributed by atoms with Crippen molar-refractivity contribution in [2.75, 3.05) is 18.5 Å². The van der Waals surface area contributed by atoms with Gasteiger partial charge in [-0.05, 0) is 31.7 Å². The van der Waals surface area contributed by atoms with Gasteiger partial charge in [-0.25, -0.2) is 4.98 Å². The maximum atomic E-state index is 12.0. The second kappa shape index (κ2) is 5.99. The molecule has 0 spiro atoms. The Morgan fingerprint density at radius 2 is 2.24 bits per heavy atom. The highest BCUT2D eigenvalue weighted by molar-refractivity contribution is 5.97. The van der Waals surface area contributed by atoms with E-state index in [1.54, 1.807) is 18.3 Å². The van der Waals surface area contributed by atoms with Gasteiger partial charge >= 0.3 is 0 Å². The van der Waals surface area contributed by atoms with Gasteiger partial charge in [0, 0.05) is 12.5 Å². The van der Waals surface area contributed by atoms with Crippen molar-refractivity contribution in [1.82, 2.24) is 4.98 Å². The normalized spacial score (nSPS) is 26.0. The molecular formula is C15H20N2O4. The summed E-state index contributed by atoms with van der Waals surface area (Å²) >= 11 is 0. The van der Waals surface area contributed by atoms with Crippen molar-refractivity contribution in [3.05, 3.63) is 18.3 Å². The Labute approximate surface area is 123 Å². The summed E-state index contributed by atoms with van der Waals surface area (Å²) in [5, 5.41) is 12.7. The van der Waals surface area contributed by atoms with E-state index in [-0.39, 0.29) is 12.7 Å². The first-order chi connectivity index (χ1) is 10.2. The van der Waals surface area contributed by atoms with E-state index >= 15 is 0 Å². The monoisotopic (exact) mass is 292 g/mol. The van der Waals surface area contributed by atoms with E-state index in [1.807, 2.05) is 0 Å². The van der Waals surface area contributed by atoms with Crippen molar-refractivity contribution in [3.63, 3.8) is 0 Å². The van der Waals surface area contributed by atoms with Crippen molar-refractivity contribution in [2.45, 2.75) is 43.8 Å². The number of anilines is 1. The molecule has 1 aliphatic heterocycles. The minimum Gasteiger partial charge on any atom is -0.474 e. The van der Waals surface area contributed by atoms with Gasteiger partial charge in [0.1, 0.15) is 6.10 Å². The quantitative estimate of drug-likeness (QED) is 0.879. The summed E-state index contributed by atoms with van der Waals surface area (Å²) in [6.45, 7) is 0.436. The Kier molecular flexibility index (Phi) is 4.07. The number of carbonyl (C=O) groups excluding carboxylic acids is 1. The molecule has 1 aromatic rings. The summed E-state index contributed by atoms with van der Waals surface area (Å²) in [6, 6.07) is 3.47. The predicted octanol–water partition coefficient (Wildman–Crippen LogP) is 1.49. The molecule has 2 N–H and O–H groups in total. The van der Waals surface area contributed by atoms with Crippen LogP contribution in [0.2, 0.25) is 0 Å². The summed E-state index contributed by atoms with van der Waals surface area (Å²) in [4.78, 5) is 16.2. The first-order valence-corrected chi connectivity index (χ1v) is 7.40. The summed E-state index contributed by atoms with van der Waals surface area (Å²) in [5.41, 5.74) is -0.891. The van der Waals surface area contributed by atoms with Gasteiger partial charge in [0.05, 0.1) is 25.1 Å². The van der Waals surface area contributed by atoms with Crippen LogP contribution < -0.4 is 10.1 Å². The van der Waals surface area contributed by atoms with Crippen LogP contribution in [0.3, 0.4) is 0 Å². The third-order valence-electron chi connectivity index (χ3n) is 4.01. The number of pyridine rings is 1. The number of nitrogens with zero attached hydrogens (tertiary/aromatic N) is 1. The number of rotatable bonds is 4. The summed E-state index contributed by atoms with van der Waals surface area (Å²) in [6.07, 6.45) is 6.69. The lowest BCUT2D eigenvalue weighted by molar-refractivity contribution is -0.133. The molecule has 21 heavy (non-hydrogen) atoms. The van der Waals surface area contributed by atoms with Crippen molar-refractivity contribution >= 4 is 11.6 Å². The number of hydrogen-bond donors (Lipinski definition) is 2. The van der Waals surface area contributed by atoms with Crippen molar-refractivity contribution < 1.29 is 19.4 Å². The molecule has 3 rings (SSSR count). The average Bonchev–Trinajstić information content (AvgIpc) is 3.13. The minimum absolute atomic E-state index is 0.0368. The summed E-state index contributed by atoms with van der Waals surface area (Å²) in [5.74, 6) is 0.120. The molecule has 0 radical (unpaired) electrons. The SMILES string of the molecule is O=C(Nc1ccc(OC2CCCC2)nc1)[C@]1(O)CCOC1. The van der Waals surface area contributed by atoms with Crippen LogP contribution in [0.4, 0.5) is 5.69 Å². The highest BCUT2D eigenvalue weighted by Gasteiger charge is 2.40. The molecule has 0 unspecified atom stereocenters. The number of aromatic nitrogens is 1. The fraction of sp³-hybridized carbons (Fsp3) is 0.600. The van der Waals surface area contributed by atoms with Crippen molar-refractivity contribution in [1.29, 1.82) is 0 Å². The van der Waals surface area contributed by atoms with Crippen LogP contribution >= 0.6 is 0 Å². The second-order valence-electron chi connectivity index (χ2n) is 5.70. The van der Waals surface area contributed by atoms with Crippen LogP contribution in [0.5, 0.6) is 5.88 Å². The summed E-state index contributed by atoms with van der Waals surface area (Å²) in [7, 11) is 0. The van der Waals surface area contributed by atoms with Crippen LogP contribution in [-0.2, 0) is 9.53 Å². The molecule has 2 fully saturated rings. The lowest BCUT2D eigenvalue weighted by atomic mass is 10.0. The molecule has 0 aromatic carbocycles. The van der Waals surface area contributed by atoms with Crippen LogP contribution in [0, 0.1) is 0 Å². The van der Waals surface area contributed by atoms with Gasteiger partial charge in [0.2, 0.25) is 5.88 Å². The number of nitrogens with one attached hydrogen (secondary N) is 1. The third-order valence-corrected chi connectivity index (χ3v) is 4.01. The zero-order valence-corrected chi connectivity index (χ0v) is 11.9. The Morgan fingerprint density at radius 1 is 1.43 bits per heavy atom. The maximum Gasteiger partial charge on any atom is 0.258 e. The molecular weight excluding hydrogens is 272 g/mol. The third kappa shape index (κ3) is 3.33. The smallest absolute Gasteiger partial charge is 0.258 e.